The molecule has 3 nitrogen and oxygen atoms in total. The van der Waals surface area contributed by atoms with Crippen LogP contribution < -0.4 is 56.5 Å². The summed E-state index contributed by atoms with van der Waals surface area (Å²) in [6.07, 6.45) is 0. The summed E-state index contributed by atoms with van der Waals surface area (Å²) in [6.45, 7) is 3.13. The van der Waals surface area contributed by atoms with Gasteiger partial charge in [0.15, 0.2) is 0 Å². The minimum atomic E-state index is -1.13. The van der Waals surface area contributed by atoms with E-state index in [0.29, 0.717) is 10.3 Å². The third-order valence-corrected chi connectivity index (χ3v) is 2.31. The van der Waals surface area contributed by atoms with Crippen LogP contribution in [0.15, 0.2) is 22.8 Å². The van der Waals surface area contributed by atoms with E-state index in [2.05, 4.69) is 20.9 Å². The maximum absolute atomic E-state index is 10.8. The quantitative estimate of drug-likeness (QED) is 0.460. The van der Waals surface area contributed by atoms with Gasteiger partial charge in [0.05, 0.1) is 11.7 Å². The van der Waals surface area contributed by atoms with Gasteiger partial charge in [0.25, 0.3) is 0 Å². The molecule has 0 radical (unpaired) electrons. The molecule has 0 N–H and O–H groups in total. The molecule has 0 aromatic carbocycles. The number of halogens is 1. The van der Waals surface area contributed by atoms with E-state index in [4.69, 9.17) is 0 Å². The van der Waals surface area contributed by atoms with Gasteiger partial charge in [0.2, 0.25) is 0 Å². The molecule has 0 amide bonds. The topological polar surface area (TPSA) is 53.0 Å². The van der Waals surface area contributed by atoms with E-state index in [-0.39, 0.29) is 51.4 Å². The summed E-state index contributed by atoms with van der Waals surface area (Å²) < 4.78 is 0.624. The molecule has 0 fully saturated rings. The fourth-order valence-electron chi connectivity index (χ4n) is 0.861. The molecule has 0 bridgehead atoms. The fourth-order valence-corrected chi connectivity index (χ4v) is 1.20. The molecule has 0 unspecified atom stereocenters. The Morgan fingerprint density at radius 2 is 2.07 bits per heavy atom. The van der Waals surface area contributed by atoms with Crippen molar-refractivity contribution in [3.8, 4) is 0 Å². The zero-order chi connectivity index (χ0) is 10.1. The van der Waals surface area contributed by atoms with E-state index in [1.807, 2.05) is 0 Å². The second-order valence-corrected chi connectivity index (χ2v) is 4.07. The van der Waals surface area contributed by atoms with Crippen LogP contribution >= 0.6 is 15.9 Å². The van der Waals surface area contributed by atoms with Gasteiger partial charge in [-0.2, -0.15) is 0 Å². The van der Waals surface area contributed by atoms with Crippen LogP contribution in [0.3, 0.4) is 0 Å². The third kappa shape index (κ3) is 3.39. The summed E-state index contributed by atoms with van der Waals surface area (Å²) in [7, 11) is 0. The van der Waals surface area contributed by atoms with Gasteiger partial charge in [0.1, 0.15) is 4.60 Å². The molecule has 1 aromatic rings. The summed E-state index contributed by atoms with van der Waals surface area (Å²) in [4.78, 5) is 14.8. The Balaban J connectivity index is 0.00000169. The summed E-state index contributed by atoms with van der Waals surface area (Å²) in [5, 5.41) is 10.8. The molecule has 0 aliphatic rings. The Morgan fingerprint density at radius 1 is 1.50 bits per heavy atom. The molecule has 1 aromatic heterocycles. The predicted molar refractivity (Wildman–Crippen MR) is 50.0 cm³/mol. The number of hydrogen-bond acceptors (Lipinski definition) is 3. The summed E-state index contributed by atoms with van der Waals surface area (Å²) in [5.74, 6) is -1.13. The standard InChI is InChI=1S/C9H10BrNO2.K/c1-9(2,8(12)13)6-4-3-5-7(10)11-6;/h3-5H,1-2H3,(H,12,13);/q;+1/p-1. The van der Waals surface area contributed by atoms with E-state index >= 15 is 0 Å². The summed E-state index contributed by atoms with van der Waals surface area (Å²) in [5.41, 5.74) is -0.564. The number of carboxylic acids is 1. The molecule has 0 spiro atoms. The van der Waals surface area contributed by atoms with Crippen LogP contribution in [0.25, 0.3) is 0 Å². The van der Waals surface area contributed by atoms with Crippen molar-refractivity contribution in [2.75, 3.05) is 0 Å². The number of carbonyl (C=O) groups is 1. The van der Waals surface area contributed by atoms with Gasteiger partial charge in [0, 0.05) is 5.41 Å². The number of pyridine rings is 1. The van der Waals surface area contributed by atoms with Crippen molar-refractivity contribution in [1.29, 1.82) is 0 Å². The third-order valence-electron chi connectivity index (χ3n) is 1.87. The predicted octanol–water partition coefficient (Wildman–Crippen LogP) is -2.12. The maximum Gasteiger partial charge on any atom is 1.00 e. The Kier molecular flexibility index (Phi) is 6.02. The molecule has 70 valence electrons. The minimum absolute atomic E-state index is 0. The van der Waals surface area contributed by atoms with E-state index in [1.54, 1.807) is 32.0 Å². The smallest absolute Gasteiger partial charge is 0.549 e. The van der Waals surface area contributed by atoms with Crippen LogP contribution in [0, 0.1) is 0 Å². The van der Waals surface area contributed by atoms with Crippen molar-refractivity contribution >= 4 is 21.9 Å². The van der Waals surface area contributed by atoms with Gasteiger partial charge >= 0.3 is 51.4 Å². The van der Waals surface area contributed by atoms with Crippen LogP contribution in [0.5, 0.6) is 0 Å². The first-order valence-corrected chi connectivity index (χ1v) is 4.58. The average molecular weight is 282 g/mol. The molecule has 0 atom stereocenters. The van der Waals surface area contributed by atoms with Gasteiger partial charge in [-0.25, -0.2) is 4.98 Å². The van der Waals surface area contributed by atoms with Crippen LogP contribution in [0.4, 0.5) is 0 Å². The fraction of sp³-hybridized carbons (Fsp3) is 0.333. The zero-order valence-corrected chi connectivity index (χ0v) is 13.1. The Morgan fingerprint density at radius 3 is 2.50 bits per heavy atom. The zero-order valence-electron chi connectivity index (χ0n) is 8.37. The Labute approximate surface area is 134 Å². The van der Waals surface area contributed by atoms with Crippen molar-refractivity contribution < 1.29 is 61.3 Å². The van der Waals surface area contributed by atoms with Crippen molar-refractivity contribution in [1.82, 2.24) is 4.98 Å². The number of aromatic nitrogens is 1. The molecular formula is C9H9BrKNO2. The number of carbonyl (C=O) groups excluding carboxylic acids is 1. The van der Waals surface area contributed by atoms with Crippen LogP contribution in [0.2, 0.25) is 0 Å². The molecule has 1 heterocycles. The van der Waals surface area contributed by atoms with E-state index in [0.717, 1.165) is 0 Å². The first-order chi connectivity index (χ1) is 5.94. The molecule has 1 rings (SSSR count). The number of aliphatic carboxylic acids is 1. The van der Waals surface area contributed by atoms with E-state index < -0.39 is 11.4 Å². The van der Waals surface area contributed by atoms with Gasteiger partial charge in [-0.3, -0.25) is 0 Å². The normalized spacial score (nSPS) is 10.5. The second-order valence-electron chi connectivity index (χ2n) is 3.26. The molecule has 0 saturated heterocycles. The number of rotatable bonds is 2. The van der Waals surface area contributed by atoms with Crippen LogP contribution in [-0.2, 0) is 10.2 Å². The number of nitrogens with zero attached hydrogens (tertiary/aromatic N) is 1. The van der Waals surface area contributed by atoms with Gasteiger partial charge < -0.3 is 9.90 Å². The molecule has 5 heteroatoms. The first-order valence-electron chi connectivity index (χ1n) is 3.79. The van der Waals surface area contributed by atoms with Crippen molar-refractivity contribution in [3.63, 3.8) is 0 Å². The van der Waals surface area contributed by atoms with Gasteiger partial charge in [-0.1, -0.05) is 6.07 Å². The second kappa shape index (κ2) is 5.72. The summed E-state index contributed by atoms with van der Waals surface area (Å²) in [6, 6.07) is 5.16. The molecule has 0 aliphatic carbocycles. The largest absolute Gasteiger partial charge is 1.00 e. The Bertz CT molecular complexity index is 341. The molecule has 14 heavy (non-hydrogen) atoms. The van der Waals surface area contributed by atoms with Crippen LogP contribution in [-0.4, -0.2) is 11.0 Å². The monoisotopic (exact) mass is 281 g/mol. The number of carboxylic acid groups (broad SMARTS) is 1. The number of hydrogen-bond donors (Lipinski definition) is 0. The van der Waals surface area contributed by atoms with Crippen molar-refractivity contribution in [2.45, 2.75) is 19.3 Å². The molecule has 0 aliphatic heterocycles. The molecular weight excluding hydrogens is 273 g/mol. The van der Waals surface area contributed by atoms with Crippen LogP contribution in [0.1, 0.15) is 19.5 Å². The first kappa shape index (κ1) is 14.7. The van der Waals surface area contributed by atoms with Crippen molar-refractivity contribution in [3.05, 3.63) is 28.5 Å². The van der Waals surface area contributed by atoms with E-state index in [1.165, 1.54) is 0 Å². The average Bonchev–Trinajstić information content (AvgIpc) is 2.04. The SMILES string of the molecule is CC(C)(C(=O)[O-])c1cccc(Br)n1.[K+]. The Hall–Kier alpha value is 0.736. The summed E-state index contributed by atoms with van der Waals surface area (Å²) >= 11 is 3.18. The molecule has 0 saturated carbocycles. The maximum atomic E-state index is 10.8. The minimum Gasteiger partial charge on any atom is -0.549 e. The van der Waals surface area contributed by atoms with Gasteiger partial charge in [-0.05, 0) is 41.9 Å². The van der Waals surface area contributed by atoms with E-state index in [9.17, 15) is 9.90 Å². The van der Waals surface area contributed by atoms with Crippen molar-refractivity contribution in [2.24, 2.45) is 0 Å². The van der Waals surface area contributed by atoms with Gasteiger partial charge in [-0.15, -0.1) is 0 Å².